The standard InChI is InChI=1S/C12H10FN3O3/c13-8-3-1-2-7-6-16(11(18)10(7)8)15-5-4-9(17)14-12(15)19/h1-3H,4-6H2,(H,14,17,19). The third-order valence-corrected chi connectivity index (χ3v) is 3.19. The van der Waals surface area contributed by atoms with Crippen molar-refractivity contribution in [1.29, 1.82) is 0 Å². The van der Waals surface area contributed by atoms with Gasteiger partial charge in [-0.2, -0.15) is 0 Å². The molecular formula is C12H10FN3O3. The predicted molar refractivity (Wildman–Crippen MR) is 61.1 cm³/mol. The molecular weight excluding hydrogens is 253 g/mol. The van der Waals surface area contributed by atoms with Crippen LogP contribution in [-0.2, 0) is 11.3 Å². The summed E-state index contributed by atoms with van der Waals surface area (Å²) >= 11 is 0. The lowest BCUT2D eigenvalue weighted by Gasteiger charge is -2.33. The van der Waals surface area contributed by atoms with E-state index in [4.69, 9.17) is 0 Å². The zero-order valence-electron chi connectivity index (χ0n) is 9.85. The number of carbonyl (C=O) groups is 3. The Morgan fingerprint density at radius 2 is 1.95 bits per heavy atom. The minimum Gasteiger partial charge on any atom is -0.276 e. The number of amides is 4. The van der Waals surface area contributed by atoms with E-state index in [1.165, 1.54) is 12.1 Å². The van der Waals surface area contributed by atoms with Crippen molar-refractivity contribution in [2.45, 2.75) is 13.0 Å². The average Bonchev–Trinajstić information content (AvgIpc) is 2.68. The quantitative estimate of drug-likeness (QED) is 0.808. The smallest absolute Gasteiger partial charge is 0.276 e. The molecule has 3 rings (SSSR count). The highest BCUT2D eigenvalue weighted by Gasteiger charge is 2.38. The Labute approximate surface area is 107 Å². The number of fused-ring (bicyclic) bond motifs is 1. The van der Waals surface area contributed by atoms with Crippen LogP contribution in [0.2, 0.25) is 0 Å². The SMILES string of the molecule is O=C1CCN(N2Cc3cccc(F)c3C2=O)C(=O)N1. The summed E-state index contributed by atoms with van der Waals surface area (Å²) in [4.78, 5) is 34.9. The van der Waals surface area contributed by atoms with Gasteiger partial charge < -0.3 is 0 Å². The minimum absolute atomic E-state index is 0.00722. The number of urea groups is 1. The first-order valence-electron chi connectivity index (χ1n) is 5.78. The molecule has 1 saturated heterocycles. The zero-order valence-corrected chi connectivity index (χ0v) is 9.85. The zero-order chi connectivity index (χ0) is 13.6. The van der Waals surface area contributed by atoms with Gasteiger partial charge >= 0.3 is 6.03 Å². The van der Waals surface area contributed by atoms with Gasteiger partial charge in [-0.25, -0.2) is 19.2 Å². The maximum absolute atomic E-state index is 13.6. The summed E-state index contributed by atoms with van der Waals surface area (Å²) in [5.41, 5.74) is 0.530. The Morgan fingerprint density at radius 3 is 2.63 bits per heavy atom. The summed E-state index contributed by atoms with van der Waals surface area (Å²) in [7, 11) is 0. The third kappa shape index (κ3) is 1.74. The average molecular weight is 263 g/mol. The highest BCUT2D eigenvalue weighted by Crippen LogP contribution is 2.27. The molecule has 6 nitrogen and oxygen atoms in total. The van der Waals surface area contributed by atoms with Crippen LogP contribution in [0.1, 0.15) is 22.3 Å². The molecule has 2 aliphatic rings. The molecule has 0 radical (unpaired) electrons. The molecule has 2 heterocycles. The number of halogens is 1. The molecule has 0 spiro atoms. The Kier molecular flexibility index (Phi) is 2.48. The molecule has 1 aromatic carbocycles. The van der Waals surface area contributed by atoms with Crippen molar-refractivity contribution in [2.24, 2.45) is 0 Å². The van der Waals surface area contributed by atoms with Crippen LogP contribution >= 0.6 is 0 Å². The number of hydrazine groups is 1. The Hall–Kier alpha value is -2.44. The highest BCUT2D eigenvalue weighted by molar-refractivity contribution is 6.02. The lowest BCUT2D eigenvalue weighted by Crippen LogP contribution is -2.56. The van der Waals surface area contributed by atoms with E-state index in [0.29, 0.717) is 5.56 Å². The van der Waals surface area contributed by atoms with Gasteiger partial charge in [-0.15, -0.1) is 0 Å². The van der Waals surface area contributed by atoms with Gasteiger partial charge in [0.25, 0.3) is 5.91 Å². The van der Waals surface area contributed by atoms with Gasteiger partial charge in [0.2, 0.25) is 5.91 Å². The second-order valence-corrected chi connectivity index (χ2v) is 4.36. The van der Waals surface area contributed by atoms with Crippen LogP contribution in [0.15, 0.2) is 18.2 Å². The van der Waals surface area contributed by atoms with Crippen LogP contribution in [-0.4, -0.2) is 34.4 Å². The number of imide groups is 1. The van der Waals surface area contributed by atoms with Gasteiger partial charge in [0.05, 0.1) is 18.7 Å². The third-order valence-electron chi connectivity index (χ3n) is 3.19. The van der Waals surface area contributed by atoms with E-state index in [1.807, 2.05) is 0 Å². The summed E-state index contributed by atoms with van der Waals surface area (Å²) in [5.74, 6) is -1.53. The number of carbonyl (C=O) groups excluding carboxylic acids is 3. The van der Waals surface area contributed by atoms with Gasteiger partial charge in [-0.3, -0.25) is 14.9 Å². The van der Waals surface area contributed by atoms with E-state index in [9.17, 15) is 18.8 Å². The maximum atomic E-state index is 13.6. The van der Waals surface area contributed by atoms with Crippen LogP contribution in [0.4, 0.5) is 9.18 Å². The second-order valence-electron chi connectivity index (χ2n) is 4.36. The van der Waals surface area contributed by atoms with E-state index < -0.39 is 17.8 Å². The van der Waals surface area contributed by atoms with Gasteiger partial charge in [0.15, 0.2) is 0 Å². The van der Waals surface area contributed by atoms with Crippen molar-refractivity contribution in [3.05, 3.63) is 35.1 Å². The fourth-order valence-electron chi connectivity index (χ4n) is 2.28. The fraction of sp³-hybridized carbons (Fsp3) is 0.250. The van der Waals surface area contributed by atoms with Crippen LogP contribution in [0.25, 0.3) is 0 Å². The maximum Gasteiger partial charge on any atom is 0.342 e. The molecule has 0 unspecified atom stereocenters. The Bertz CT molecular complexity index is 602. The van der Waals surface area contributed by atoms with E-state index in [0.717, 1.165) is 10.0 Å². The molecule has 19 heavy (non-hydrogen) atoms. The van der Waals surface area contributed by atoms with Crippen molar-refractivity contribution in [2.75, 3.05) is 6.54 Å². The van der Waals surface area contributed by atoms with Gasteiger partial charge in [-0.05, 0) is 11.6 Å². The lowest BCUT2D eigenvalue weighted by atomic mass is 10.1. The number of rotatable bonds is 1. The van der Waals surface area contributed by atoms with Crippen molar-refractivity contribution in [1.82, 2.24) is 15.3 Å². The molecule has 0 atom stereocenters. The second kappa shape index (κ2) is 4.04. The fourth-order valence-corrected chi connectivity index (χ4v) is 2.28. The number of nitrogens with zero attached hydrogens (tertiary/aromatic N) is 2. The van der Waals surface area contributed by atoms with Crippen LogP contribution < -0.4 is 5.32 Å². The van der Waals surface area contributed by atoms with Crippen LogP contribution in [0, 0.1) is 5.82 Å². The van der Waals surface area contributed by atoms with E-state index in [2.05, 4.69) is 5.32 Å². The molecule has 0 saturated carbocycles. The topological polar surface area (TPSA) is 69.7 Å². The normalized spacial score (nSPS) is 18.7. The number of nitrogens with one attached hydrogen (secondary N) is 1. The lowest BCUT2D eigenvalue weighted by molar-refractivity contribution is -0.123. The van der Waals surface area contributed by atoms with Crippen LogP contribution in [0.3, 0.4) is 0 Å². The molecule has 1 aromatic rings. The minimum atomic E-state index is -0.655. The Morgan fingerprint density at radius 1 is 1.16 bits per heavy atom. The van der Waals surface area contributed by atoms with Crippen molar-refractivity contribution >= 4 is 17.8 Å². The molecule has 1 N–H and O–H groups in total. The van der Waals surface area contributed by atoms with Crippen molar-refractivity contribution in [3.8, 4) is 0 Å². The monoisotopic (exact) mass is 263 g/mol. The largest absolute Gasteiger partial charge is 0.342 e. The van der Waals surface area contributed by atoms with Gasteiger partial charge in [0, 0.05) is 6.42 Å². The molecule has 0 aliphatic carbocycles. The van der Waals surface area contributed by atoms with E-state index >= 15 is 0 Å². The number of benzene rings is 1. The molecule has 1 fully saturated rings. The van der Waals surface area contributed by atoms with Crippen molar-refractivity contribution < 1.29 is 18.8 Å². The first kappa shape index (κ1) is 11.6. The summed E-state index contributed by atoms with van der Waals surface area (Å²) in [5, 5.41) is 4.43. The molecule has 4 amide bonds. The highest BCUT2D eigenvalue weighted by atomic mass is 19.1. The first-order valence-corrected chi connectivity index (χ1v) is 5.78. The summed E-state index contributed by atoms with van der Waals surface area (Å²) in [6, 6.07) is 3.71. The molecule has 2 aliphatic heterocycles. The van der Waals surface area contributed by atoms with Crippen LogP contribution in [0.5, 0.6) is 0 Å². The number of hydrogen-bond acceptors (Lipinski definition) is 3. The molecule has 0 aromatic heterocycles. The van der Waals surface area contributed by atoms with E-state index in [-0.39, 0.29) is 31.0 Å². The summed E-state index contributed by atoms with van der Waals surface area (Å²) in [6.45, 7) is 0.250. The molecule has 0 bridgehead atoms. The molecule has 98 valence electrons. The van der Waals surface area contributed by atoms with Gasteiger partial charge in [-0.1, -0.05) is 12.1 Å². The summed E-state index contributed by atoms with van der Waals surface area (Å²) < 4.78 is 13.6. The van der Waals surface area contributed by atoms with Gasteiger partial charge in [0.1, 0.15) is 5.82 Å². The Balaban J connectivity index is 1.90. The predicted octanol–water partition coefficient (Wildman–Crippen LogP) is 0.638. The summed E-state index contributed by atoms with van der Waals surface area (Å²) in [6.07, 6.45) is 0.119. The van der Waals surface area contributed by atoms with Crippen molar-refractivity contribution in [3.63, 3.8) is 0 Å². The number of hydrogen-bond donors (Lipinski definition) is 1. The first-order chi connectivity index (χ1) is 9.08. The van der Waals surface area contributed by atoms with E-state index in [1.54, 1.807) is 6.07 Å². The molecule has 7 heteroatoms.